The average molecular weight is 282 g/mol. The maximum absolute atomic E-state index is 12.1. The van der Waals surface area contributed by atoms with Crippen LogP contribution in [0.1, 0.15) is 21.8 Å². The van der Waals surface area contributed by atoms with Gasteiger partial charge in [0, 0.05) is 17.8 Å². The van der Waals surface area contributed by atoms with E-state index in [0.29, 0.717) is 10.6 Å². The van der Waals surface area contributed by atoms with Gasteiger partial charge < -0.3 is 10.6 Å². The predicted octanol–water partition coefficient (Wildman–Crippen LogP) is 2.95. The van der Waals surface area contributed by atoms with Gasteiger partial charge >= 0.3 is 0 Å². The molecular formula is C16H14N2OS. The van der Waals surface area contributed by atoms with E-state index in [9.17, 15) is 4.79 Å². The first-order valence-corrected chi connectivity index (χ1v) is 6.89. The SMILES string of the molecule is O=C(NC(=S)C1CNc2ccccc21)c1ccccc1. The van der Waals surface area contributed by atoms with E-state index < -0.39 is 0 Å². The molecule has 1 aliphatic rings. The van der Waals surface area contributed by atoms with Crippen LogP contribution in [0, 0.1) is 0 Å². The number of benzene rings is 2. The van der Waals surface area contributed by atoms with Crippen molar-refractivity contribution in [3.05, 3.63) is 65.7 Å². The molecule has 2 aromatic carbocycles. The van der Waals surface area contributed by atoms with Crippen molar-refractivity contribution in [1.82, 2.24) is 5.32 Å². The summed E-state index contributed by atoms with van der Waals surface area (Å²) in [6, 6.07) is 17.1. The van der Waals surface area contributed by atoms with Crippen LogP contribution in [0.4, 0.5) is 5.69 Å². The lowest BCUT2D eigenvalue weighted by Crippen LogP contribution is -2.33. The van der Waals surface area contributed by atoms with Crippen LogP contribution in [0.15, 0.2) is 54.6 Å². The van der Waals surface area contributed by atoms with Gasteiger partial charge in [0.25, 0.3) is 5.91 Å². The number of carbonyl (C=O) groups excluding carboxylic acids is 1. The summed E-state index contributed by atoms with van der Waals surface area (Å²) in [6.45, 7) is 0.729. The molecule has 20 heavy (non-hydrogen) atoms. The molecule has 0 aliphatic carbocycles. The summed E-state index contributed by atoms with van der Waals surface area (Å²) in [5, 5.41) is 6.14. The maximum Gasteiger partial charge on any atom is 0.256 e. The third-order valence-electron chi connectivity index (χ3n) is 3.42. The minimum Gasteiger partial charge on any atom is -0.384 e. The molecule has 0 bridgehead atoms. The van der Waals surface area contributed by atoms with E-state index in [1.807, 2.05) is 42.5 Å². The molecule has 0 fully saturated rings. The van der Waals surface area contributed by atoms with Crippen molar-refractivity contribution in [3.63, 3.8) is 0 Å². The second kappa shape index (κ2) is 5.43. The fourth-order valence-corrected chi connectivity index (χ4v) is 2.68. The molecule has 2 aromatic rings. The molecule has 3 rings (SSSR count). The molecule has 3 nitrogen and oxygen atoms in total. The fraction of sp³-hybridized carbons (Fsp3) is 0.125. The lowest BCUT2D eigenvalue weighted by molar-refractivity contribution is 0.0977. The second-order valence-electron chi connectivity index (χ2n) is 4.71. The molecular weight excluding hydrogens is 268 g/mol. The Balaban J connectivity index is 1.74. The largest absolute Gasteiger partial charge is 0.384 e. The summed E-state index contributed by atoms with van der Waals surface area (Å²) in [5.74, 6) is -0.103. The molecule has 1 aliphatic heterocycles. The van der Waals surface area contributed by atoms with E-state index >= 15 is 0 Å². The molecule has 0 saturated heterocycles. The van der Waals surface area contributed by atoms with Crippen molar-refractivity contribution >= 4 is 28.8 Å². The van der Waals surface area contributed by atoms with E-state index in [2.05, 4.69) is 10.6 Å². The Kier molecular flexibility index (Phi) is 3.48. The van der Waals surface area contributed by atoms with Gasteiger partial charge in [0.2, 0.25) is 0 Å². The van der Waals surface area contributed by atoms with Crippen LogP contribution in [0.25, 0.3) is 0 Å². The molecule has 0 aromatic heterocycles. The zero-order chi connectivity index (χ0) is 13.9. The van der Waals surface area contributed by atoms with Crippen molar-refractivity contribution < 1.29 is 4.79 Å². The number of thiocarbonyl (C=S) groups is 1. The highest BCUT2D eigenvalue weighted by atomic mass is 32.1. The molecule has 1 unspecified atom stereocenters. The van der Waals surface area contributed by atoms with E-state index in [0.717, 1.165) is 17.8 Å². The number of fused-ring (bicyclic) bond motifs is 1. The van der Waals surface area contributed by atoms with Gasteiger partial charge in [0.05, 0.1) is 10.9 Å². The Bertz CT molecular complexity index is 655. The summed E-state index contributed by atoms with van der Waals surface area (Å²) in [6.07, 6.45) is 0. The topological polar surface area (TPSA) is 41.1 Å². The van der Waals surface area contributed by atoms with Crippen molar-refractivity contribution in [2.45, 2.75) is 5.92 Å². The smallest absolute Gasteiger partial charge is 0.256 e. The first-order chi connectivity index (χ1) is 9.75. The number of carbonyl (C=O) groups is 1. The second-order valence-corrected chi connectivity index (χ2v) is 5.14. The van der Waals surface area contributed by atoms with Crippen molar-refractivity contribution in [2.75, 3.05) is 11.9 Å². The third-order valence-corrected chi connectivity index (χ3v) is 3.81. The molecule has 2 N–H and O–H groups in total. The number of anilines is 1. The molecule has 0 radical (unpaired) electrons. The summed E-state index contributed by atoms with van der Waals surface area (Å²) in [5.41, 5.74) is 2.86. The van der Waals surface area contributed by atoms with Crippen molar-refractivity contribution in [3.8, 4) is 0 Å². The zero-order valence-corrected chi connectivity index (χ0v) is 11.6. The van der Waals surface area contributed by atoms with Crippen LogP contribution < -0.4 is 10.6 Å². The zero-order valence-electron chi connectivity index (χ0n) is 10.8. The predicted molar refractivity (Wildman–Crippen MR) is 84.2 cm³/mol. The Morgan fingerprint density at radius 2 is 1.80 bits per heavy atom. The summed E-state index contributed by atoms with van der Waals surface area (Å²) < 4.78 is 0. The molecule has 1 atom stereocenters. The van der Waals surface area contributed by atoms with Gasteiger partial charge in [-0.2, -0.15) is 0 Å². The molecule has 0 saturated carbocycles. The highest BCUT2D eigenvalue weighted by Gasteiger charge is 2.26. The number of hydrogen-bond donors (Lipinski definition) is 2. The summed E-state index contributed by atoms with van der Waals surface area (Å²) >= 11 is 5.39. The number of para-hydroxylation sites is 1. The Labute approximate surface area is 123 Å². The monoisotopic (exact) mass is 282 g/mol. The van der Waals surface area contributed by atoms with Crippen LogP contribution >= 0.6 is 12.2 Å². The normalized spacial score (nSPS) is 16.1. The lowest BCUT2D eigenvalue weighted by atomic mass is 10.0. The number of nitrogens with one attached hydrogen (secondary N) is 2. The van der Waals surface area contributed by atoms with Crippen molar-refractivity contribution in [1.29, 1.82) is 0 Å². The molecule has 1 amide bonds. The van der Waals surface area contributed by atoms with Gasteiger partial charge in [-0.1, -0.05) is 48.6 Å². The number of rotatable bonds is 2. The fourth-order valence-electron chi connectivity index (χ4n) is 2.38. The van der Waals surface area contributed by atoms with Gasteiger partial charge in [0.1, 0.15) is 0 Å². The number of hydrogen-bond acceptors (Lipinski definition) is 3. The van der Waals surface area contributed by atoms with Crippen molar-refractivity contribution in [2.24, 2.45) is 0 Å². The minimum absolute atomic E-state index is 0.0499. The van der Waals surface area contributed by atoms with Crippen LogP contribution in [-0.2, 0) is 0 Å². The van der Waals surface area contributed by atoms with Gasteiger partial charge in [-0.05, 0) is 23.8 Å². The van der Waals surface area contributed by atoms with Crippen LogP contribution in [0.2, 0.25) is 0 Å². The lowest BCUT2D eigenvalue weighted by Gasteiger charge is -2.13. The highest BCUT2D eigenvalue weighted by molar-refractivity contribution is 7.80. The Morgan fingerprint density at radius 3 is 2.60 bits per heavy atom. The van der Waals surface area contributed by atoms with E-state index in [1.54, 1.807) is 12.1 Å². The maximum atomic E-state index is 12.1. The summed E-state index contributed by atoms with van der Waals surface area (Å²) in [4.78, 5) is 12.7. The highest BCUT2D eigenvalue weighted by Crippen LogP contribution is 2.31. The van der Waals surface area contributed by atoms with E-state index in [4.69, 9.17) is 12.2 Å². The minimum atomic E-state index is -0.153. The molecule has 4 heteroatoms. The van der Waals surface area contributed by atoms with Gasteiger partial charge in [-0.15, -0.1) is 0 Å². The van der Waals surface area contributed by atoms with Crippen LogP contribution in [0.3, 0.4) is 0 Å². The first kappa shape index (κ1) is 12.8. The standard InChI is InChI=1S/C16H14N2OS/c19-15(11-6-2-1-3-7-11)18-16(20)13-10-17-14-9-5-4-8-12(13)14/h1-9,13,17H,10H2,(H,18,19,20). The van der Waals surface area contributed by atoms with E-state index in [-0.39, 0.29) is 11.8 Å². The summed E-state index contributed by atoms with van der Waals surface area (Å²) in [7, 11) is 0. The average Bonchev–Trinajstić information content (AvgIpc) is 2.92. The first-order valence-electron chi connectivity index (χ1n) is 6.49. The van der Waals surface area contributed by atoms with Crippen LogP contribution in [0.5, 0.6) is 0 Å². The third kappa shape index (κ3) is 2.42. The van der Waals surface area contributed by atoms with Gasteiger partial charge in [-0.25, -0.2) is 0 Å². The quantitative estimate of drug-likeness (QED) is 0.832. The molecule has 100 valence electrons. The van der Waals surface area contributed by atoms with E-state index in [1.165, 1.54) is 0 Å². The Hall–Kier alpha value is -2.20. The molecule has 0 spiro atoms. The Morgan fingerprint density at radius 1 is 1.10 bits per heavy atom. The molecule has 1 heterocycles. The van der Waals surface area contributed by atoms with Gasteiger partial charge in [0.15, 0.2) is 0 Å². The van der Waals surface area contributed by atoms with Gasteiger partial charge in [-0.3, -0.25) is 4.79 Å². The number of amides is 1. The van der Waals surface area contributed by atoms with Crippen LogP contribution in [-0.4, -0.2) is 17.4 Å².